The normalized spacial score (nSPS) is 18.5. The number of hydrogen-bond acceptors (Lipinski definition) is 2. The molecule has 0 radical (unpaired) electrons. The molecule has 110 valence electrons. The second kappa shape index (κ2) is 5.60. The number of aryl methyl sites for hydroxylation is 1. The van der Waals surface area contributed by atoms with Crippen molar-refractivity contribution in [1.82, 2.24) is 15.2 Å². The highest BCUT2D eigenvalue weighted by Crippen LogP contribution is 2.18. The van der Waals surface area contributed by atoms with Crippen molar-refractivity contribution < 1.29 is 9.59 Å². The average Bonchev–Trinajstić information content (AvgIpc) is 2.78. The highest BCUT2D eigenvalue weighted by molar-refractivity contribution is 5.84. The van der Waals surface area contributed by atoms with Crippen LogP contribution in [0.5, 0.6) is 0 Å². The van der Waals surface area contributed by atoms with Gasteiger partial charge in [-0.15, -0.1) is 0 Å². The standard InChI is InChI=1S/C16H19N3O2/c1-11-8-12-4-2-3-5-14(12)19(11)10-16(21)18-13-6-7-15(20)17-9-13/h2-5,8,13H,6-7,9-10H2,1H3,(H,17,20)(H,18,21). The molecule has 5 nitrogen and oxygen atoms in total. The number of nitrogens with zero attached hydrogens (tertiary/aromatic N) is 1. The van der Waals surface area contributed by atoms with Crippen LogP contribution < -0.4 is 10.6 Å². The SMILES string of the molecule is Cc1cc2ccccc2n1CC(=O)NC1CCC(=O)NC1. The highest BCUT2D eigenvalue weighted by Gasteiger charge is 2.20. The van der Waals surface area contributed by atoms with Gasteiger partial charge in [0.15, 0.2) is 0 Å². The molecule has 21 heavy (non-hydrogen) atoms. The predicted octanol–water partition coefficient (Wildman–Crippen LogP) is 1.34. The Hall–Kier alpha value is -2.30. The van der Waals surface area contributed by atoms with E-state index in [4.69, 9.17) is 0 Å². The lowest BCUT2D eigenvalue weighted by Gasteiger charge is -2.23. The van der Waals surface area contributed by atoms with Crippen molar-refractivity contribution in [2.24, 2.45) is 0 Å². The number of para-hydroxylation sites is 1. The highest BCUT2D eigenvalue weighted by atomic mass is 16.2. The summed E-state index contributed by atoms with van der Waals surface area (Å²) in [7, 11) is 0. The molecule has 0 saturated carbocycles. The molecule has 0 bridgehead atoms. The average molecular weight is 285 g/mol. The summed E-state index contributed by atoms with van der Waals surface area (Å²) < 4.78 is 2.02. The van der Waals surface area contributed by atoms with Gasteiger partial charge in [-0.05, 0) is 30.9 Å². The zero-order valence-electron chi connectivity index (χ0n) is 12.1. The first-order chi connectivity index (χ1) is 10.1. The van der Waals surface area contributed by atoms with Crippen molar-refractivity contribution in [2.75, 3.05) is 6.54 Å². The number of nitrogens with one attached hydrogen (secondary N) is 2. The molecule has 2 heterocycles. The van der Waals surface area contributed by atoms with Gasteiger partial charge in [-0.25, -0.2) is 0 Å². The molecule has 0 spiro atoms. The van der Waals surface area contributed by atoms with E-state index in [2.05, 4.69) is 16.7 Å². The molecule has 2 amide bonds. The Bertz CT molecular complexity index is 680. The molecule has 1 aromatic heterocycles. The van der Waals surface area contributed by atoms with Crippen LogP contribution in [0.2, 0.25) is 0 Å². The van der Waals surface area contributed by atoms with Gasteiger partial charge in [-0.3, -0.25) is 9.59 Å². The molecular weight excluding hydrogens is 266 g/mol. The zero-order valence-corrected chi connectivity index (χ0v) is 12.1. The van der Waals surface area contributed by atoms with Crippen molar-refractivity contribution >= 4 is 22.7 Å². The summed E-state index contributed by atoms with van der Waals surface area (Å²) in [5.41, 5.74) is 2.14. The molecule has 5 heteroatoms. The fraction of sp³-hybridized carbons (Fsp3) is 0.375. The van der Waals surface area contributed by atoms with Gasteiger partial charge in [0.25, 0.3) is 0 Å². The van der Waals surface area contributed by atoms with Crippen LogP contribution in [0.15, 0.2) is 30.3 Å². The number of carbonyl (C=O) groups excluding carboxylic acids is 2. The van der Waals surface area contributed by atoms with Gasteiger partial charge < -0.3 is 15.2 Å². The molecular formula is C16H19N3O2. The Morgan fingerprint density at radius 2 is 2.24 bits per heavy atom. The minimum atomic E-state index is -0.0133. The number of fused-ring (bicyclic) bond motifs is 1. The van der Waals surface area contributed by atoms with E-state index in [1.165, 1.54) is 0 Å². The van der Waals surface area contributed by atoms with E-state index in [9.17, 15) is 9.59 Å². The molecule has 1 aliphatic heterocycles. The third-order valence-electron chi connectivity index (χ3n) is 3.95. The Labute approximate surface area is 123 Å². The lowest BCUT2D eigenvalue weighted by atomic mass is 10.1. The van der Waals surface area contributed by atoms with Crippen LogP contribution in [0.25, 0.3) is 10.9 Å². The van der Waals surface area contributed by atoms with Crippen LogP contribution in [0, 0.1) is 6.92 Å². The van der Waals surface area contributed by atoms with E-state index in [1.54, 1.807) is 0 Å². The van der Waals surface area contributed by atoms with Crippen LogP contribution in [0.1, 0.15) is 18.5 Å². The number of rotatable bonds is 3. The first-order valence-electron chi connectivity index (χ1n) is 7.24. The molecule has 1 unspecified atom stereocenters. The fourth-order valence-electron chi connectivity index (χ4n) is 2.83. The number of aromatic nitrogens is 1. The second-order valence-corrected chi connectivity index (χ2v) is 5.54. The molecule has 0 aliphatic carbocycles. The molecule has 1 fully saturated rings. The summed E-state index contributed by atoms with van der Waals surface area (Å²) in [6.45, 7) is 2.84. The van der Waals surface area contributed by atoms with Crippen LogP contribution >= 0.6 is 0 Å². The summed E-state index contributed by atoms with van der Waals surface area (Å²) in [4.78, 5) is 23.3. The predicted molar refractivity (Wildman–Crippen MR) is 80.8 cm³/mol. The number of carbonyl (C=O) groups is 2. The molecule has 2 N–H and O–H groups in total. The van der Waals surface area contributed by atoms with Crippen molar-refractivity contribution in [3.63, 3.8) is 0 Å². The Morgan fingerprint density at radius 1 is 1.43 bits per heavy atom. The van der Waals surface area contributed by atoms with E-state index in [1.807, 2.05) is 35.8 Å². The Balaban J connectivity index is 1.69. The molecule has 1 atom stereocenters. The fourth-order valence-corrected chi connectivity index (χ4v) is 2.83. The summed E-state index contributed by atoms with van der Waals surface area (Å²) in [5, 5.41) is 6.92. The molecule has 2 aromatic rings. The zero-order chi connectivity index (χ0) is 14.8. The van der Waals surface area contributed by atoms with E-state index in [0.717, 1.165) is 16.6 Å². The topological polar surface area (TPSA) is 63.1 Å². The first kappa shape index (κ1) is 13.7. The summed E-state index contributed by atoms with van der Waals surface area (Å²) in [5.74, 6) is 0.0494. The quantitative estimate of drug-likeness (QED) is 0.894. The summed E-state index contributed by atoms with van der Waals surface area (Å²) >= 11 is 0. The van der Waals surface area contributed by atoms with Crippen LogP contribution in [-0.4, -0.2) is 29.0 Å². The van der Waals surface area contributed by atoms with Crippen molar-refractivity contribution in [2.45, 2.75) is 32.4 Å². The molecule has 3 rings (SSSR count). The van der Waals surface area contributed by atoms with E-state index in [0.29, 0.717) is 25.9 Å². The minimum Gasteiger partial charge on any atom is -0.354 e. The smallest absolute Gasteiger partial charge is 0.240 e. The number of hydrogen-bond donors (Lipinski definition) is 2. The first-order valence-corrected chi connectivity index (χ1v) is 7.24. The van der Waals surface area contributed by atoms with Gasteiger partial charge >= 0.3 is 0 Å². The van der Waals surface area contributed by atoms with Gasteiger partial charge in [0.05, 0.1) is 0 Å². The van der Waals surface area contributed by atoms with Crippen molar-refractivity contribution in [3.05, 3.63) is 36.0 Å². The van der Waals surface area contributed by atoms with Gasteiger partial charge in [-0.1, -0.05) is 18.2 Å². The maximum Gasteiger partial charge on any atom is 0.240 e. The lowest BCUT2D eigenvalue weighted by Crippen LogP contribution is -2.48. The molecule has 1 aromatic carbocycles. The summed E-state index contributed by atoms with van der Waals surface area (Å²) in [6, 6.07) is 10.2. The van der Waals surface area contributed by atoms with Crippen LogP contribution in [-0.2, 0) is 16.1 Å². The Kier molecular flexibility index (Phi) is 3.64. The van der Waals surface area contributed by atoms with Crippen molar-refractivity contribution in [1.29, 1.82) is 0 Å². The van der Waals surface area contributed by atoms with Crippen LogP contribution in [0.4, 0.5) is 0 Å². The van der Waals surface area contributed by atoms with Gasteiger partial charge in [0, 0.05) is 30.2 Å². The largest absolute Gasteiger partial charge is 0.354 e. The number of benzene rings is 1. The Morgan fingerprint density at radius 3 is 3.00 bits per heavy atom. The van der Waals surface area contributed by atoms with Gasteiger partial charge in [0.2, 0.25) is 11.8 Å². The third kappa shape index (κ3) is 2.91. The van der Waals surface area contributed by atoms with Crippen molar-refractivity contribution in [3.8, 4) is 0 Å². The van der Waals surface area contributed by atoms with E-state index in [-0.39, 0.29) is 17.9 Å². The lowest BCUT2D eigenvalue weighted by molar-refractivity contribution is -0.126. The van der Waals surface area contributed by atoms with E-state index >= 15 is 0 Å². The second-order valence-electron chi connectivity index (χ2n) is 5.54. The number of amides is 2. The number of piperidine rings is 1. The van der Waals surface area contributed by atoms with Gasteiger partial charge in [0.1, 0.15) is 6.54 Å². The van der Waals surface area contributed by atoms with Crippen LogP contribution in [0.3, 0.4) is 0 Å². The maximum atomic E-state index is 12.2. The summed E-state index contributed by atoms with van der Waals surface area (Å²) in [6.07, 6.45) is 1.19. The monoisotopic (exact) mass is 285 g/mol. The minimum absolute atomic E-state index is 0.0133. The van der Waals surface area contributed by atoms with Gasteiger partial charge in [-0.2, -0.15) is 0 Å². The maximum absolute atomic E-state index is 12.2. The molecule has 1 saturated heterocycles. The molecule has 1 aliphatic rings. The van der Waals surface area contributed by atoms with E-state index < -0.39 is 0 Å². The third-order valence-corrected chi connectivity index (χ3v) is 3.95.